The van der Waals surface area contributed by atoms with Gasteiger partial charge in [-0.2, -0.15) is 0 Å². The lowest BCUT2D eigenvalue weighted by atomic mass is 10.1. The van der Waals surface area contributed by atoms with E-state index in [1.165, 1.54) is 18.2 Å². The number of para-hydroxylation sites is 1. The molecule has 0 unspecified atom stereocenters. The lowest BCUT2D eigenvalue weighted by molar-refractivity contribution is -0.387. The summed E-state index contributed by atoms with van der Waals surface area (Å²) in [6.07, 6.45) is 0.619. The number of benzene rings is 2. The van der Waals surface area contributed by atoms with Crippen LogP contribution in [0, 0.1) is 10.1 Å². The molecule has 0 saturated heterocycles. The highest BCUT2D eigenvalue weighted by atomic mass is 79.9. The topological polar surface area (TPSA) is 89.3 Å². The molecule has 0 spiro atoms. The molecular formula is C14H13BrN2O4S. The van der Waals surface area contributed by atoms with Gasteiger partial charge in [-0.25, -0.2) is 8.42 Å². The normalized spacial score (nSPS) is 11.2. The smallest absolute Gasteiger partial charge is 0.279 e. The van der Waals surface area contributed by atoms with Crippen LogP contribution in [0.5, 0.6) is 0 Å². The number of hydrogen-bond acceptors (Lipinski definition) is 4. The number of nitrogens with one attached hydrogen (secondary N) is 1. The van der Waals surface area contributed by atoms with Crippen molar-refractivity contribution in [3.8, 4) is 0 Å². The summed E-state index contributed by atoms with van der Waals surface area (Å²) >= 11 is 3.33. The van der Waals surface area contributed by atoms with Gasteiger partial charge in [-0.3, -0.25) is 14.8 Å². The minimum atomic E-state index is -4.04. The predicted octanol–water partition coefficient (Wildman–Crippen LogP) is 3.72. The zero-order valence-electron chi connectivity index (χ0n) is 11.6. The molecule has 8 heteroatoms. The van der Waals surface area contributed by atoms with E-state index in [1.54, 1.807) is 18.2 Å². The Kier molecular flexibility index (Phi) is 4.82. The SMILES string of the molecule is CCc1cc(Br)ccc1NS(=O)(=O)c1ccccc1[N+](=O)[O-]. The molecule has 1 N–H and O–H groups in total. The highest BCUT2D eigenvalue weighted by molar-refractivity contribution is 9.10. The molecule has 6 nitrogen and oxygen atoms in total. The molecule has 0 atom stereocenters. The lowest BCUT2D eigenvalue weighted by Crippen LogP contribution is -2.15. The summed E-state index contributed by atoms with van der Waals surface area (Å²) in [5, 5.41) is 11.0. The van der Waals surface area contributed by atoms with Crippen molar-refractivity contribution < 1.29 is 13.3 Å². The molecule has 0 aliphatic carbocycles. The van der Waals surface area contributed by atoms with Crippen molar-refractivity contribution in [1.29, 1.82) is 0 Å². The molecule has 2 aromatic rings. The van der Waals surface area contributed by atoms with Gasteiger partial charge in [0.1, 0.15) is 0 Å². The van der Waals surface area contributed by atoms with Crippen molar-refractivity contribution in [3.05, 3.63) is 62.6 Å². The lowest BCUT2D eigenvalue weighted by Gasteiger charge is -2.12. The maximum absolute atomic E-state index is 12.5. The second-order valence-electron chi connectivity index (χ2n) is 4.49. The minimum absolute atomic E-state index is 0.357. The fourth-order valence-electron chi connectivity index (χ4n) is 1.99. The Balaban J connectivity index is 2.47. The first-order valence-corrected chi connectivity index (χ1v) is 8.67. The van der Waals surface area contributed by atoms with Crippen molar-refractivity contribution in [3.63, 3.8) is 0 Å². The van der Waals surface area contributed by atoms with E-state index in [1.807, 2.05) is 6.92 Å². The van der Waals surface area contributed by atoms with Crippen LogP contribution in [-0.4, -0.2) is 13.3 Å². The maximum atomic E-state index is 12.5. The van der Waals surface area contributed by atoms with E-state index in [9.17, 15) is 18.5 Å². The summed E-state index contributed by atoms with van der Waals surface area (Å²) in [7, 11) is -4.04. The third-order valence-electron chi connectivity index (χ3n) is 3.04. The minimum Gasteiger partial charge on any atom is -0.279 e. The van der Waals surface area contributed by atoms with Gasteiger partial charge in [0.15, 0.2) is 4.90 Å². The Morgan fingerprint density at radius 1 is 1.23 bits per heavy atom. The van der Waals surface area contributed by atoms with Gasteiger partial charge in [0.25, 0.3) is 15.7 Å². The first-order valence-electron chi connectivity index (χ1n) is 6.40. The molecule has 0 fully saturated rings. The second-order valence-corrected chi connectivity index (χ2v) is 7.05. The number of anilines is 1. The van der Waals surface area contributed by atoms with Gasteiger partial charge in [-0.05, 0) is 36.2 Å². The molecule has 0 radical (unpaired) electrons. The number of sulfonamides is 1. The van der Waals surface area contributed by atoms with Gasteiger partial charge in [-0.15, -0.1) is 0 Å². The molecule has 2 rings (SSSR count). The van der Waals surface area contributed by atoms with Crippen LogP contribution in [0.3, 0.4) is 0 Å². The van der Waals surface area contributed by atoms with E-state index in [-0.39, 0.29) is 4.90 Å². The Labute approximate surface area is 136 Å². The molecule has 0 heterocycles. The fourth-order valence-corrected chi connectivity index (χ4v) is 3.67. The van der Waals surface area contributed by atoms with Gasteiger partial charge in [0, 0.05) is 10.5 Å². The number of nitrogens with zero attached hydrogens (tertiary/aromatic N) is 1. The van der Waals surface area contributed by atoms with Crippen LogP contribution in [0.4, 0.5) is 11.4 Å². The number of nitro groups is 1. The number of hydrogen-bond donors (Lipinski definition) is 1. The Bertz CT molecular complexity index is 821. The van der Waals surface area contributed by atoms with E-state index in [0.717, 1.165) is 16.1 Å². The quantitative estimate of drug-likeness (QED) is 0.628. The average Bonchev–Trinajstić information content (AvgIpc) is 2.48. The summed E-state index contributed by atoms with van der Waals surface area (Å²) in [6, 6.07) is 10.4. The third kappa shape index (κ3) is 3.45. The number of aryl methyl sites for hydroxylation is 1. The zero-order chi connectivity index (χ0) is 16.3. The first-order chi connectivity index (χ1) is 10.3. The summed E-state index contributed by atoms with van der Waals surface area (Å²) in [6.45, 7) is 1.89. The number of halogens is 1. The standard InChI is InChI=1S/C14H13BrN2O4S/c1-2-10-9-11(15)7-8-12(10)16-22(20,21)14-6-4-3-5-13(14)17(18)19/h3-9,16H,2H2,1H3. The van der Waals surface area contributed by atoms with E-state index in [4.69, 9.17) is 0 Å². The molecule has 0 amide bonds. The summed E-state index contributed by atoms with van der Waals surface area (Å²) < 4.78 is 28.2. The van der Waals surface area contributed by atoms with Crippen molar-refractivity contribution in [2.24, 2.45) is 0 Å². The van der Waals surface area contributed by atoms with Gasteiger partial charge in [0.05, 0.1) is 10.6 Å². The Morgan fingerprint density at radius 3 is 2.55 bits per heavy atom. The largest absolute Gasteiger partial charge is 0.289 e. The highest BCUT2D eigenvalue weighted by Gasteiger charge is 2.25. The van der Waals surface area contributed by atoms with Crippen LogP contribution in [0.15, 0.2) is 51.8 Å². The van der Waals surface area contributed by atoms with Crippen LogP contribution in [0.25, 0.3) is 0 Å². The van der Waals surface area contributed by atoms with Crippen LogP contribution in [0.2, 0.25) is 0 Å². The maximum Gasteiger partial charge on any atom is 0.289 e. The number of rotatable bonds is 5. The van der Waals surface area contributed by atoms with Crippen LogP contribution >= 0.6 is 15.9 Å². The molecule has 22 heavy (non-hydrogen) atoms. The molecule has 0 saturated carbocycles. The van der Waals surface area contributed by atoms with Crippen molar-refractivity contribution in [1.82, 2.24) is 0 Å². The Hall–Kier alpha value is -1.93. The van der Waals surface area contributed by atoms with Crippen LogP contribution < -0.4 is 4.72 Å². The Morgan fingerprint density at radius 2 is 1.91 bits per heavy atom. The molecule has 0 aromatic heterocycles. The van der Waals surface area contributed by atoms with E-state index in [0.29, 0.717) is 12.1 Å². The first kappa shape index (κ1) is 16.4. The van der Waals surface area contributed by atoms with Gasteiger partial charge < -0.3 is 0 Å². The number of nitro benzene ring substituents is 1. The third-order valence-corrected chi connectivity index (χ3v) is 4.95. The predicted molar refractivity (Wildman–Crippen MR) is 87.4 cm³/mol. The monoisotopic (exact) mass is 384 g/mol. The van der Waals surface area contributed by atoms with E-state index >= 15 is 0 Å². The van der Waals surface area contributed by atoms with Crippen molar-refractivity contribution in [2.75, 3.05) is 4.72 Å². The molecule has 0 aliphatic heterocycles. The molecule has 116 valence electrons. The second kappa shape index (κ2) is 6.45. The van der Waals surface area contributed by atoms with Crippen molar-refractivity contribution >= 4 is 37.3 Å². The van der Waals surface area contributed by atoms with Gasteiger partial charge in [-0.1, -0.05) is 35.0 Å². The van der Waals surface area contributed by atoms with Crippen LogP contribution in [-0.2, 0) is 16.4 Å². The van der Waals surface area contributed by atoms with E-state index in [2.05, 4.69) is 20.7 Å². The average molecular weight is 385 g/mol. The molecule has 2 aromatic carbocycles. The van der Waals surface area contributed by atoms with Crippen LogP contribution in [0.1, 0.15) is 12.5 Å². The summed E-state index contributed by atoms with van der Waals surface area (Å²) in [5.41, 5.74) is 0.741. The zero-order valence-corrected chi connectivity index (χ0v) is 14.0. The van der Waals surface area contributed by atoms with E-state index < -0.39 is 20.6 Å². The van der Waals surface area contributed by atoms with Crippen molar-refractivity contribution in [2.45, 2.75) is 18.2 Å². The van der Waals surface area contributed by atoms with Gasteiger partial charge in [0.2, 0.25) is 0 Å². The summed E-state index contributed by atoms with van der Waals surface area (Å²) in [5.74, 6) is 0. The molecule has 0 bridgehead atoms. The molecule has 0 aliphatic rings. The van der Waals surface area contributed by atoms with Gasteiger partial charge >= 0.3 is 0 Å². The summed E-state index contributed by atoms with van der Waals surface area (Å²) in [4.78, 5) is 9.93. The highest BCUT2D eigenvalue weighted by Crippen LogP contribution is 2.28. The fraction of sp³-hybridized carbons (Fsp3) is 0.143. The molecular weight excluding hydrogens is 372 g/mol.